The van der Waals surface area contributed by atoms with Gasteiger partial charge in [0.1, 0.15) is 5.69 Å². The van der Waals surface area contributed by atoms with Crippen molar-refractivity contribution < 1.29 is 6.22 Å². The van der Waals surface area contributed by atoms with Gasteiger partial charge in [0.2, 0.25) is 0 Å². The Bertz CT molecular complexity index is 599. The molecule has 1 aliphatic rings. The average molecular weight is 230 g/mol. The summed E-state index contributed by atoms with van der Waals surface area (Å²) >= 11 is 0. The highest BCUT2D eigenvalue weighted by atomic mass is 16.2. The molecule has 2 heterocycles. The third-order valence-corrected chi connectivity index (χ3v) is 3.57. The van der Waals surface area contributed by atoms with Crippen LogP contribution in [0.3, 0.4) is 0 Å². The molecule has 0 radical (unpaired) electrons. The van der Waals surface area contributed by atoms with Crippen LogP contribution in [-0.2, 0) is 0 Å². The van der Waals surface area contributed by atoms with Gasteiger partial charge in [-0.2, -0.15) is 0 Å². The lowest BCUT2D eigenvalue weighted by Crippen LogP contribution is -2.42. The molecule has 1 aliphatic heterocycles. The zero-order valence-electron chi connectivity index (χ0n) is 10.2. The number of fused-ring (bicyclic) bond motifs is 1. The molecule has 3 heteroatoms. The number of aryl methyl sites for hydroxylation is 2. The maximum atomic E-state index is 12.2. The number of nitrogens with one attached hydrogen (secondary N) is 1. The van der Waals surface area contributed by atoms with E-state index < -0.39 is 0 Å². The molecule has 0 atom stereocenters. The lowest BCUT2D eigenvalue weighted by Gasteiger charge is -2.30. The highest BCUT2D eigenvalue weighted by Crippen LogP contribution is 2.24. The molecule has 3 rings (SSSR count). The van der Waals surface area contributed by atoms with E-state index in [1.165, 1.54) is 5.56 Å². The molecule has 0 spiro atoms. The fourth-order valence-electron chi connectivity index (χ4n) is 2.33. The SMILES string of the molecule is Cc1ccc2[nH]c(C(=O)N3CCC3)c(C)c2c1.[HH]. The molecule has 1 aromatic carbocycles. The monoisotopic (exact) mass is 230 g/mol. The van der Waals surface area contributed by atoms with E-state index in [2.05, 4.69) is 24.0 Å². The summed E-state index contributed by atoms with van der Waals surface area (Å²) in [6.45, 7) is 5.88. The number of benzene rings is 1. The second-order valence-corrected chi connectivity index (χ2v) is 4.82. The number of aromatic amines is 1. The lowest BCUT2D eigenvalue weighted by molar-refractivity contribution is 0.0646. The maximum Gasteiger partial charge on any atom is 0.270 e. The van der Waals surface area contributed by atoms with Gasteiger partial charge in [-0.15, -0.1) is 0 Å². The Morgan fingerprint density at radius 3 is 2.76 bits per heavy atom. The van der Waals surface area contributed by atoms with Crippen LogP contribution in [0, 0.1) is 13.8 Å². The van der Waals surface area contributed by atoms with E-state index in [1.54, 1.807) is 0 Å². The fourth-order valence-corrected chi connectivity index (χ4v) is 2.33. The molecule has 3 nitrogen and oxygen atoms in total. The molecule has 1 fully saturated rings. The number of nitrogens with zero attached hydrogens (tertiary/aromatic N) is 1. The Labute approximate surface area is 102 Å². The van der Waals surface area contributed by atoms with Gasteiger partial charge in [0, 0.05) is 25.4 Å². The summed E-state index contributed by atoms with van der Waals surface area (Å²) in [6, 6.07) is 6.24. The molecule has 0 unspecified atom stereocenters. The molecule has 1 saturated heterocycles. The van der Waals surface area contributed by atoms with Crippen molar-refractivity contribution in [1.29, 1.82) is 0 Å². The predicted molar refractivity (Wildman–Crippen MR) is 70.4 cm³/mol. The van der Waals surface area contributed by atoms with Gasteiger partial charge in [-0.3, -0.25) is 4.79 Å². The first-order valence-corrected chi connectivity index (χ1v) is 6.05. The molecule has 1 aromatic heterocycles. The van der Waals surface area contributed by atoms with Crippen molar-refractivity contribution in [2.24, 2.45) is 0 Å². The van der Waals surface area contributed by atoms with Gasteiger partial charge in [0.25, 0.3) is 5.91 Å². The minimum atomic E-state index is 0. The first kappa shape index (κ1) is 10.4. The molecule has 0 bridgehead atoms. The van der Waals surface area contributed by atoms with Crippen molar-refractivity contribution in [2.75, 3.05) is 13.1 Å². The summed E-state index contributed by atoms with van der Waals surface area (Å²) in [5, 5.41) is 1.16. The van der Waals surface area contributed by atoms with Gasteiger partial charge < -0.3 is 9.88 Å². The largest absolute Gasteiger partial charge is 0.350 e. The predicted octanol–water partition coefficient (Wildman–Crippen LogP) is 2.88. The fraction of sp³-hybridized carbons (Fsp3) is 0.357. The normalized spacial score (nSPS) is 15.1. The number of carbonyl (C=O) groups is 1. The molecule has 1 amide bonds. The van der Waals surface area contributed by atoms with Crippen LogP contribution in [0.4, 0.5) is 0 Å². The Morgan fingerprint density at radius 1 is 1.35 bits per heavy atom. The second kappa shape index (κ2) is 3.62. The smallest absolute Gasteiger partial charge is 0.270 e. The quantitative estimate of drug-likeness (QED) is 0.803. The van der Waals surface area contributed by atoms with E-state index in [4.69, 9.17) is 0 Å². The van der Waals surface area contributed by atoms with E-state index in [-0.39, 0.29) is 7.33 Å². The van der Waals surface area contributed by atoms with Gasteiger partial charge >= 0.3 is 0 Å². The molecule has 2 aromatic rings. The molecule has 0 aliphatic carbocycles. The van der Waals surface area contributed by atoms with Crippen molar-refractivity contribution in [2.45, 2.75) is 20.3 Å². The van der Waals surface area contributed by atoms with Crippen LogP contribution in [0.1, 0.15) is 29.5 Å². The Kier molecular flexibility index (Phi) is 2.21. The second-order valence-electron chi connectivity index (χ2n) is 4.82. The number of hydrogen-bond donors (Lipinski definition) is 1. The number of rotatable bonds is 1. The first-order valence-electron chi connectivity index (χ1n) is 6.05. The van der Waals surface area contributed by atoms with E-state index in [1.807, 2.05) is 17.9 Å². The van der Waals surface area contributed by atoms with E-state index in [0.717, 1.165) is 41.7 Å². The molecule has 17 heavy (non-hydrogen) atoms. The van der Waals surface area contributed by atoms with Crippen LogP contribution in [0.15, 0.2) is 18.2 Å². The molecular formula is C14H18N2O. The van der Waals surface area contributed by atoms with Crippen LogP contribution in [0.2, 0.25) is 0 Å². The summed E-state index contributed by atoms with van der Waals surface area (Å²) in [7, 11) is 0. The standard InChI is InChI=1S/C14H16N2O.H2/c1-9-4-5-12-11(8-9)10(2)13(15-12)14(17)16-6-3-7-16;/h4-5,8,15H,3,6-7H2,1-2H3;1H. The molecule has 1 N–H and O–H groups in total. The van der Waals surface area contributed by atoms with Crippen molar-refractivity contribution in [3.8, 4) is 0 Å². The van der Waals surface area contributed by atoms with Gasteiger partial charge in [-0.1, -0.05) is 11.6 Å². The van der Waals surface area contributed by atoms with Crippen molar-refractivity contribution >= 4 is 16.8 Å². The maximum absolute atomic E-state index is 12.2. The van der Waals surface area contributed by atoms with Crippen molar-refractivity contribution in [3.63, 3.8) is 0 Å². The Balaban J connectivity index is 0.00000120. The summed E-state index contributed by atoms with van der Waals surface area (Å²) in [5.74, 6) is 0.141. The lowest BCUT2D eigenvalue weighted by atomic mass is 10.1. The van der Waals surface area contributed by atoms with Crippen LogP contribution < -0.4 is 0 Å². The zero-order valence-corrected chi connectivity index (χ0v) is 10.2. The zero-order chi connectivity index (χ0) is 12.0. The number of aromatic nitrogens is 1. The van der Waals surface area contributed by atoms with Crippen LogP contribution >= 0.6 is 0 Å². The van der Waals surface area contributed by atoms with Crippen LogP contribution in [-0.4, -0.2) is 28.9 Å². The topological polar surface area (TPSA) is 36.1 Å². The summed E-state index contributed by atoms with van der Waals surface area (Å²) in [5.41, 5.74) is 4.10. The summed E-state index contributed by atoms with van der Waals surface area (Å²) < 4.78 is 0. The van der Waals surface area contributed by atoms with Gasteiger partial charge in [-0.25, -0.2) is 0 Å². The Hall–Kier alpha value is -1.77. The molecule has 90 valence electrons. The van der Waals surface area contributed by atoms with E-state index in [9.17, 15) is 4.79 Å². The van der Waals surface area contributed by atoms with Crippen LogP contribution in [0.5, 0.6) is 0 Å². The van der Waals surface area contributed by atoms with E-state index in [0.29, 0.717) is 0 Å². The number of H-pyrrole nitrogens is 1. The van der Waals surface area contributed by atoms with Gasteiger partial charge in [0.15, 0.2) is 0 Å². The first-order chi connectivity index (χ1) is 8.16. The van der Waals surface area contributed by atoms with Gasteiger partial charge in [0.05, 0.1) is 0 Å². The van der Waals surface area contributed by atoms with Crippen molar-refractivity contribution in [1.82, 2.24) is 9.88 Å². The van der Waals surface area contributed by atoms with Crippen molar-refractivity contribution in [3.05, 3.63) is 35.0 Å². The minimum absolute atomic E-state index is 0. The minimum Gasteiger partial charge on any atom is -0.350 e. The van der Waals surface area contributed by atoms with Gasteiger partial charge in [-0.05, 0) is 38.0 Å². The van der Waals surface area contributed by atoms with E-state index >= 15 is 0 Å². The molecular weight excluding hydrogens is 212 g/mol. The number of carbonyl (C=O) groups excluding carboxylic acids is 1. The third kappa shape index (κ3) is 1.54. The van der Waals surface area contributed by atoms with Crippen LogP contribution in [0.25, 0.3) is 10.9 Å². The highest BCUT2D eigenvalue weighted by molar-refractivity contribution is 6.01. The highest BCUT2D eigenvalue weighted by Gasteiger charge is 2.24. The number of hydrogen-bond acceptors (Lipinski definition) is 1. The third-order valence-electron chi connectivity index (χ3n) is 3.57. The number of amides is 1. The number of likely N-dealkylation sites (tertiary alicyclic amines) is 1. The molecule has 0 saturated carbocycles. The summed E-state index contributed by atoms with van der Waals surface area (Å²) in [4.78, 5) is 17.3. The Morgan fingerprint density at radius 2 is 2.12 bits per heavy atom. The average Bonchev–Trinajstić information content (AvgIpc) is 2.54. The summed E-state index contributed by atoms with van der Waals surface area (Å²) in [6.07, 6.45) is 1.13.